The van der Waals surface area contributed by atoms with Gasteiger partial charge in [-0.2, -0.15) is 4.31 Å². The maximum Gasteiger partial charge on any atom is 0.243 e. The van der Waals surface area contributed by atoms with E-state index in [-0.39, 0.29) is 10.8 Å². The molecule has 0 bridgehead atoms. The summed E-state index contributed by atoms with van der Waals surface area (Å²) in [5.41, 5.74) is 2.45. The number of hydrogen-bond acceptors (Lipinski definition) is 5. The zero-order valence-corrected chi connectivity index (χ0v) is 21.7. The summed E-state index contributed by atoms with van der Waals surface area (Å²) in [6.07, 6.45) is 2.46. The molecule has 3 aromatic rings. The van der Waals surface area contributed by atoms with E-state index < -0.39 is 10.0 Å². The van der Waals surface area contributed by atoms with Crippen LogP contribution in [-0.4, -0.2) is 59.8 Å². The summed E-state index contributed by atoms with van der Waals surface area (Å²) in [5.74, 6) is 1.51. The van der Waals surface area contributed by atoms with E-state index in [2.05, 4.69) is 11.6 Å². The number of rotatable bonds is 12. The smallest absolute Gasteiger partial charge is 0.243 e. The molecule has 0 fully saturated rings. The van der Waals surface area contributed by atoms with Crippen molar-refractivity contribution in [3.05, 3.63) is 66.5 Å². The Morgan fingerprint density at radius 3 is 2.46 bits per heavy atom. The maximum absolute atomic E-state index is 12.9. The predicted octanol–water partition coefficient (Wildman–Crippen LogP) is 3.76. The summed E-state index contributed by atoms with van der Waals surface area (Å²) in [7, 11) is 0.104. The lowest BCUT2D eigenvalue weighted by molar-refractivity contribution is -0.130. The predicted molar refractivity (Wildman–Crippen MR) is 138 cm³/mol. The van der Waals surface area contributed by atoms with Crippen LogP contribution >= 0.6 is 0 Å². The van der Waals surface area contributed by atoms with E-state index in [0.29, 0.717) is 44.6 Å². The van der Waals surface area contributed by atoms with E-state index in [0.717, 1.165) is 22.7 Å². The van der Waals surface area contributed by atoms with Crippen molar-refractivity contribution < 1.29 is 17.9 Å². The molecule has 0 unspecified atom stereocenters. The van der Waals surface area contributed by atoms with Crippen LogP contribution in [0, 0.1) is 0 Å². The number of carbonyl (C=O) groups excluding carboxylic acids is 1. The molecule has 1 heterocycles. The van der Waals surface area contributed by atoms with Crippen molar-refractivity contribution in [3.63, 3.8) is 0 Å². The molecule has 0 N–H and O–H groups in total. The van der Waals surface area contributed by atoms with E-state index in [1.807, 2.05) is 49.7 Å². The molecule has 35 heavy (non-hydrogen) atoms. The first kappa shape index (κ1) is 26.4. The zero-order valence-electron chi connectivity index (χ0n) is 20.9. The van der Waals surface area contributed by atoms with Crippen molar-refractivity contribution >= 4 is 27.0 Å². The van der Waals surface area contributed by atoms with Gasteiger partial charge in [-0.05, 0) is 35.9 Å². The largest absolute Gasteiger partial charge is 0.490 e. The van der Waals surface area contributed by atoms with E-state index in [9.17, 15) is 13.2 Å². The summed E-state index contributed by atoms with van der Waals surface area (Å²) >= 11 is 0. The third-order valence-electron chi connectivity index (χ3n) is 5.99. The molecule has 188 valence electrons. The lowest BCUT2D eigenvalue weighted by atomic mass is 10.2. The Morgan fingerprint density at radius 2 is 1.83 bits per heavy atom. The number of amides is 1. The molecule has 0 aliphatic heterocycles. The molecule has 0 saturated carbocycles. The van der Waals surface area contributed by atoms with E-state index in [4.69, 9.17) is 4.74 Å². The quantitative estimate of drug-likeness (QED) is 0.355. The van der Waals surface area contributed by atoms with Crippen LogP contribution in [-0.2, 0) is 34.8 Å². The highest BCUT2D eigenvalue weighted by Crippen LogP contribution is 2.23. The topological polar surface area (TPSA) is 84.7 Å². The second-order valence-corrected chi connectivity index (χ2v) is 10.3. The fraction of sp³-hybridized carbons (Fsp3) is 0.385. The van der Waals surface area contributed by atoms with Crippen molar-refractivity contribution in [1.82, 2.24) is 18.8 Å². The highest BCUT2D eigenvalue weighted by Gasteiger charge is 2.23. The van der Waals surface area contributed by atoms with Crippen LogP contribution in [0.3, 0.4) is 0 Å². The number of hydrogen-bond donors (Lipinski definition) is 0. The molecule has 1 aromatic heterocycles. The average molecular weight is 499 g/mol. The van der Waals surface area contributed by atoms with Gasteiger partial charge in [0.05, 0.1) is 15.9 Å². The monoisotopic (exact) mass is 498 g/mol. The Labute approximate surface area is 207 Å². The summed E-state index contributed by atoms with van der Waals surface area (Å²) in [5, 5.41) is 0. The fourth-order valence-electron chi connectivity index (χ4n) is 3.94. The number of imidazole rings is 1. The highest BCUT2D eigenvalue weighted by atomic mass is 32.2. The first-order chi connectivity index (χ1) is 16.7. The zero-order chi connectivity index (χ0) is 25.6. The Balaban J connectivity index is 1.66. The molecule has 1 amide bonds. The molecule has 0 spiro atoms. The van der Waals surface area contributed by atoms with Gasteiger partial charge in [-0.3, -0.25) is 4.79 Å². The van der Waals surface area contributed by atoms with Crippen molar-refractivity contribution in [2.24, 2.45) is 7.05 Å². The number of carbonyl (C=O) groups is 1. The van der Waals surface area contributed by atoms with Gasteiger partial charge < -0.3 is 14.2 Å². The van der Waals surface area contributed by atoms with Crippen molar-refractivity contribution in [2.45, 2.75) is 38.1 Å². The molecule has 0 saturated heterocycles. The SMILES string of the molecule is C=CCOc1ccc(CN(C)C(=O)CCc2nc3cc(S(=O)(=O)N(CC)CC)ccc3n2C)cc1. The van der Waals surface area contributed by atoms with E-state index >= 15 is 0 Å². The maximum atomic E-state index is 12.9. The van der Waals surface area contributed by atoms with Gasteiger partial charge in [0.15, 0.2) is 0 Å². The number of sulfonamides is 1. The van der Waals surface area contributed by atoms with Gasteiger partial charge in [-0.25, -0.2) is 13.4 Å². The number of nitrogens with zero attached hydrogens (tertiary/aromatic N) is 4. The first-order valence-electron chi connectivity index (χ1n) is 11.7. The van der Waals surface area contributed by atoms with Crippen LogP contribution in [0.15, 0.2) is 60.0 Å². The van der Waals surface area contributed by atoms with Crippen molar-refractivity contribution in [1.29, 1.82) is 0 Å². The summed E-state index contributed by atoms with van der Waals surface area (Å²) < 4.78 is 34.6. The molecule has 3 rings (SSSR count). The second-order valence-electron chi connectivity index (χ2n) is 8.32. The number of ether oxygens (including phenoxy) is 1. The number of benzene rings is 2. The van der Waals surface area contributed by atoms with Crippen LogP contribution in [0.2, 0.25) is 0 Å². The number of fused-ring (bicyclic) bond motifs is 1. The highest BCUT2D eigenvalue weighted by molar-refractivity contribution is 7.89. The lowest BCUT2D eigenvalue weighted by Gasteiger charge is -2.18. The molecule has 0 aliphatic rings. The Bertz CT molecular complexity index is 1280. The van der Waals surface area contributed by atoms with Crippen LogP contribution < -0.4 is 4.74 Å². The van der Waals surface area contributed by atoms with Crippen LogP contribution in [0.4, 0.5) is 0 Å². The lowest BCUT2D eigenvalue weighted by Crippen LogP contribution is -2.30. The third-order valence-corrected chi connectivity index (χ3v) is 8.03. The number of aromatic nitrogens is 2. The summed E-state index contributed by atoms with van der Waals surface area (Å²) in [4.78, 5) is 19.3. The number of aryl methyl sites for hydroxylation is 2. The van der Waals surface area contributed by atoms with Crippen LogP contribution in [0.25, 0.3) is 11.0 Å². The summed E-state index contributed by atoms with van der Waals surface area (Å²) in [6.45, 7) is 9.04. The molecule has 8 nitrogen and oxygen atoms in total. The van der Waals surface area contributed by atoms with E-state index in [1.165, 1.54) is 4.31 Å². The summed E-state index contributed by atoms with van der Waals surface area (Å²) in [6, 6.07) is 12.7. The van der Waals surface area contributed by atoms with E-state index in [1.54, 1.807) is 36.2 Å². The Hall–Kier alpha value is -3.17. The van der Waals surface area contributed by atoms with Crippen molar-refractivity contribution in [3.8, 4) is 5.75 Å². The van der Waals surface area contributed by atoms with Crippen molar-refractivity contribution in [2.75, 3.05) is 26.7 Å². The normalized spacial score (nSPS) is 11.7. The second kappa shape index (κ2) is 11.5. The standard InChI is InChI=1S/C26H34N4O4S/c1-6-17-34-21-11-9-20(10-12-21)19-28(4)26(31)16-15-25-27-23-18-22(13-14-24(23)29(25)5)35(32,33)30(7-2)8-3/h6,9-14,18H,1,7-8,15-17,19H2,2-5H3. The molecule has 9 heteroatoms. The van der Waals surface area contributed by atoms with Gasteiger partial charge in [0, 0.05) is 46.6 Å². The molecule has 0 atom stereocenters. The first-order valence-corrected chi connectivity index (χ1v) is 13.2. The van der Waals surface area contributed by atoms with Crippen LogP contribution in [0.5, 0.6) is 5.75 Å². The minimum Gasteiger partial charge on any atom is -0.490 e. The van der Waals surface area contributed by atoms with Gasteiger partial charge in [0.1, 0.15) is 18.2 Å². The molecule has 0 aliphatic carbocycles. The minimum absolute atomic E-state index is 0.00819. The third kappa shape index (κ3) is 6.10. The van der Waals surface area contributed by atoms with Gasteiger partial charge in [-0.1, -0.05) is 38.6 Å². The molecular formula is C26H34N4O4S. The van der Waals surface area contributed by atoms with Gasteiger partial charge >= 0.3 is 0 Å². The average Bonchev–Trinajstić information content (AvgIpc) is 3.17. The molecule has 2 aromatic carbocycles. The molecular weight excluding hydrogens is 464 g/mol. The van der Waals surface area contributed by atoms with Crippen LogP contribution in [0.1, 0.15) is 31.7 Å². The Kier molecular flexibility index (Phi) is 8.69. The fourth-order valence-corrected chi connectivity index (χ4v) is 5.42. The van der Waals surface area contributed by atoms with Gasteiger partial charge in [0.2, 0.25) is 15.9 Å². The van der Waals surface area contributed by atoms with Gasteiger partial charge in [-0.15, -0.1) is 0 Å². The minimum atomic E-state index is -3.56. The van der Waals surface area contributed by atoms with Gasteiger partial charge in [0.25, 0.3) is 0 Å². The molecule has 0 radical (unpaired) electrons. The Morgan fingerprint density at radius 1 is 1.14 bits per heavy atom.